The first-order valence-electron chi connectivity index (χ1n) is 15.5. The van der Waals surface area contributed by atoms with Gasteiger partial charge in [0.05, 0.1) is 17.2 Å². The molecular formula is C33H45N7O3. The smallest absolute Gasteiger partial charge is 0.261 e. The monoisotopic (exact) mass is 587 g/mol. The zero-order chi connectivity index (χ0) is 30.4. The Balaban J connectivity index is 1.17. The molecule has 3 aromatic rings. The third-order valence-electron chi connectivity index (χ3n) is 9.29. The highest BCUT2D eigenvalue weighted by molar-refractivity contribution is 5.93. The predicted octanol–water partition coefficient (Wildman–Crippen LogP) is 2.75. The molecule has 2 aliphatic rings. The van der Waals surface area contributed by atoms with Crippen LogP contribution in [0.15, 0.2) is 59.7 Å². The number of piperidine rings is 1. The van der Waals surface area contributed by atoms with Crippen molar-refractivity contribution in [2.45, 2.75) is 50.6 Å². The topological polar surface area (TPSA) is 103 Å². The fraction of sp³-hybridized carbons (Fsp3) is 0.515. The summed E-state index contributed by atoms with van der Waals surface area (Å²) in [5, 5.41) is 6.94. The van der Waals surface area contributed by atoms with E-state index in [9.17, 15) is 14.4 Å². The van der Waals surface area contributed by atoms with Gasteiger partial charge in [-0.1, -0.05) is 37.3 Å². The van der Waals surface area contributed by atoms with Crippen molar-refractivity contribution in [1.82, 2.24) is 29.6 Å². The first-order valence-corrected chi connectivity index (χ1v) is 15.5. The Morgan fingerprint density at radius 3 is 2.42 bits per heavy atom. The number of aromatic nitrogens is 2. The number of rotatable bonds is 10. The SMILES string of the molecule is CNC1(Cn2cnc3cc(NC(=O)CCN4CCN(C)CC4)ccc3c2=O)CCN(C(=O)C[C@@H](C)c2ccccc2)CC1. The first kappa shape index (κ1) is 30.8. The van der Waals surface area contributed by atoms with Crippen LogP contribution in [-0.2, 0) is 16.1 Å². The Kier molecular flexibility index (Phi) is 9.90. The molecule has 0 bridgehead atoms. The molecule has 5 rings (SSSR count). The second-order valence-corrected chi connectivity index (χ2v) is 12.3. The van der Waals surface area contributed by atoms with Gasteiger partial charge in [-0.2, -0.15) is 0 Å². The summed E-state index contributed by atoms with van der Waals surface area (Å²) in [4.78, 5) is 50.3. The number of hydrogen-bond donors (Lipinski definition) is 2. The molecule has 2 aliphatic heterocycles. The predicted molar refractivity (Wildman–Crippen MR) is 170 cm³/mol. The number of nitrogens with one attached hydrogen (secondary N) is 2. The van der Waals surface area contributed by atoms with Crippen LogP contribution < -0.4 is 16.2 Å². The van der Waals surface area contributed by atoms with Gasteiger partial charge in [0.15, 0.2) is 0 Å². The van der Waals surface area contributed by atoms with Gasteiger partial charge in [-0.05, 0) is 56.6 Å². The minimum Gasteiger partial charge on any atom is -0.343 e. The molecule has 2 fully saturated rings. The van der Waals surface area contributed by atoms with Gasteiger partial charge in [-0.25, -0.2) is 4.98 Å². The molecule has 1 aromatic heterocycles. The number of carbonyl (C=O) groups is 2. The lowest BCUT2D eigenvalue weighted by molar-refractivity contribution is -0.133. The van der Waals surface area contributed by atoms with E-state index in [1.165, 1.54) is 5.56 Å². The maximum Gasteiger partial charge on any atom is 0.261 e. The number of anilines is 1. The third kappa shape index (κ3) is 7.68. The van der Waals surface area contributed by atoms with Gasteiger partial charge in [0.25, 0.3) is 5.56 Å². The minimum atomic E-state index is -0.307. The van der Waals surface area contributed by atoms with Crippen molar-refractivity contribution in [3.8, 4) is 0 Å². The van der Waals surface area contributed by atoms with Crippen LogP contribution >= 0.6 is 0 Å². The van der Waals surface area contributed by atoms with Gasteiger partial charge in [0.2, 0.25) is 11.8 Å². The average molecular weight is 588 g/mol. The second kappa shape index (κ2) is 13.8. The zero-order valence-corrected chi connectivity index (χ0v) is 25.7. The van der Waals surface area contributed by atoms with Crippen molar-refractivity contribution in [2.24, 2.45) is 0 Å². The molecule has 0 spiro atoms. The van der Waals surface area contributed by atoms with E-state index in [4.69, 9.17) is 0 Å². The molecule has 230 valence electrons. The minimum absolute atomic E-state index is 0.0399. The van der Waals surface area contributed by atoms with Crippen LogP contribution in [0.25, 0.3) is 10.9 Å². The number of fused-ring (bicyclic) bond motifs is 1. The summed E-state index contributed by atoms with van der Waals surface area (Å²) in [6.45, 7) is 8.62. The zero-order valence-electron chi connectivity index (χ0n) is 25.7. The summed E-state index contributed by atoms with van der Waals surface area (Å²) in [6, 6.07) is 15.4. The van der Waals surface area contributed by atoms with Gasteiger partial charge in [-0.3, -0.25) is 19.0 Å². The second-order valence-electron chi connectivity index (χ2n) is 12.3. The Hall–Kier alpha value is -3.60. The Labute approximate surface area is 254 Å². The number of likely N-dealkylation sites (N-methyl/N-ethyl adjacent to an activating group) is 2. The maximum atomic E-state index is 13.5. The number of carbonyl (C=O) groups excluding carboxylic acids is 2. The van der Waals surface area contributed by atoms with Crippen molar-refractivity contribution in [3.63, 3.8) is 0 Å². The Bertz CT molecular complexity index is 1460. The standard InChI is InChI=1S/C33H45N7O3/c1-25(26-7-5-4-6-8-26)21-31(42)39-15-12-33(34-2,13-16-39)23-40-24-35-29-22-27(9-10-28(29)32(40)43)36-30(41)11-14-38-19-17-37(3)18-20-38/h4-10,22,24-25,34H,11-21,23H2,1-3H3,(H,36,41)/t25-/m1/s1. The molecule has 2 aromatic carbocycles. The lowest BCUT2D eigenvalue weighted by Crippen LogP contribution is -2.56. The highest BCUT2D eigenvalue weighted by atomic mass is 16.2. The molecule has 0 aliphatic carbocycles. The van der Waals surface area contributed by atoms with Crippen LogP contribution in [0.3, 0.4) is 0 Å². The Morgan fingerprint density at radius 2 is 1.72 bits per heavy atom. The van der Waals surface area contributed by atoms with Crippen molar-refractivity contribution in [2.75, 3.05) is 65.2 Å². The molecule has 2 saturated heterocycles. The van der Waals surface area contributed by atoms with Gasteiger partial charge in [-0.15, -0.1) is 0 Å². The average Bonchev–Trinajstić information content (AvgIpc) is 3.03. The van der Waals surface area contributed by atoms with Crippen molar-refractivity contribution in [3.05, 3.63) is 70.8 Å². The van der Waals surface area contributed by atoms with Crippen molar-refractivity contribution < 1.29 is 9.59 Å². The summed E-state index contributed by atoms with van der Waals surface area (Å²) in [6.07, 6.45) is 4.01. The van der Waals surface area contributed by atoms with Gasteiger partial charge < -0.3 is 25.3 Å². The summed E-state index contributed by atoms with van der Waals surface area (Å²) in [7, 11) is 4.04. The number of amides is 2. The van der Waals surface area contributed by atoms with E-state index in [0.717, 1.165) is 45.6 Å². The van der Waals surface area contributed by atoms with E-state index >= 15 is 0 Å². The van der Waals surface area contributed by atoms with Crippen LogP contribution in [0.1, 0.15) is 44.1 Å². The molecule has 0 unspecified atom stereocenters. The highest BCUT2D eigenvalue weighted by Crippen LogP contribution is 2.27. The van der Waals surface area contributed by atoms with Crippen LogP contribution in [0.4, 0.5) is 5.69 Å². The third-order valence-corrected chi connectivity index (χ3v) is 9.29. The molecule has 10 heteroatoms. The number of hydrogen-bond acceptors (Lipinski definition) is 7. The molecular weight excluding hydrogens is 542 g/mol. The van der Waals surface area contributed by atoms with Crippen LogP contribution in [0.2, 0.25) is 0 Å². The van der Waals surface area contributed by atoms with E-state index < -0.39 is 0 Å². The maximum absolute atomic E-state index is 13.5. The number of benzene rings is 2. The van der Waals surface area contributed by atoms with Crippen molar-refractivity contribution >= 4 is 28.4 Å². The van der Waals surface area contributed by atoms with Crippen LogP contribution in [0, 0.1) is 0 Å². The largest absolute Gasteiger partial charge is 0.343 e. The summed E-state index contributed by atoms with van der Waals surface area (Å²) < 4.78 is 1.67. The number of likely N-dealkylation sites (tertiary alicyclic amines) is 1. The number of piperazine rings is 1. The first-order chi connectivity index (χ1) is 20.7. The summed E-state index contributed by atoms with van der Waals surface area (Å²) >= 11 is 0. The van der Waals surface area contributed by atoms with E-state index in [1.807, 2.05) is 30.1 Å². The highest BCUT2D eigenvalue weighted by Gasteiger charge is 2.35. The fourth-order valence-corrected chi connectivity index (χ4v) is 6.19. The van der Waals surface area contributed by atoms with Crippen LogP contribution in [-0.4, -0.2) is 102 Å². The number of nitrogens with zero attached hydrogens (tertiary/aromatic N) is 5. The molecule has 1 atom stereocenters. The van der Waals surface area contributed by atoms with Crippen molar-refractivity contribution in [1.29, 1.82) is 0 Å². The van der Waals surface area contributed by atoms with Crippen LogP contribution in [0.5, 0.6) is 0 Å². The summed E-state index contributed by atoms with van der Waals surface area (Å²) in [5.41, 5.74) is 1.97. The molecule has 2 amide bonds. The van der Waals surface area contributed by atoms with E-state index in [1.54, 1.807) is 29.1 Å². The fourth-order valence-electron chi connectivity index (χ4n) is 6.19. The normalized spacial score (nSPS) is 18.4. The molecule has 0 radical (unpaired) electrons. The lowest BCUT2D eigenvalue weighted by atomic mass is 9.86. The quantitative estimate of drug-likeness (QED) is 0.376. The van der Waals surface area contributed by atoms with Gasteiger partial charge in [0, 0.05) is 76.4 Å². The van der Waals surface area contributed by atoms with Gasteiger partial charge >= 0.3 is 0 Å². The molecule has 0 saturated carbocycles. The van der Waals surface area contributed by atoms with E-state index in [2.05, 4.69) is 51.5 Å². The Morgan fingerprint density at radius 1 is 1.00 bits per heavy atom. The molecule has 43 heavy (non-hydrogen) atoms. The summed E-state index contributed by atoms with van der Waals surface area (Å²) in [5.74, 6) is 0.303. The van der Waals surface area contributed by atoms with E-state index in [-0.39, 0.29) is 28.8 Å². The van der Waals surface area contributed by atoms with E-state index in [0.29, 0.717) is 49.1 Å². The molecule has 10 nitrogen and oxygen atoms in total. The van der Waals surface area contributed by atoms with Gasteiger partial charge in [0.1, 0.15) is 0 Å². The molecule has 2 N–H and O–H groups in total. The molecule has 3 heterocycles. The lowest BCUT2D eigenvalue weighted by Gasteiger charge is -2.42.